The molecule has 0 aromatic heterocycles. The number of unbranched alkanes of at least 4 members (excludes halogenated alkanes) is 1. The van der Waals surface area contributed by atoms with Gasteiger partial charge in [-0.05, 0) is 24.6 Å². The Labute approximate surface area is 95.8 Å². The van der Waals surface area contributed by atoms with Gasteiger partial charge in [0, 0.05) is 5.02 Å². The third-order valence-electron chi connectivity index (χ3n) is 2.13. The van der Waals surface area contributed by atoms with Crippen LogP contribution < -0.4 is 4.74 Å². The minimum absolute atomic E-state index is 0.334. The summed E-state index contributed by atoms with van der Waals surface area (Å²) >= 11 is 5.80. The largest absolute Gasteiger partial charge is 0.491 e. The average molecular weight is 229 g/mol. The van der Waals surface area contributed by atoms with Gasteiger partial charge < -0.3 is 9.84 Å². The van der Waals surface area contributed by atoms with Crippen molar-refractivity contribution in [2.45, 2.75) is 32.3 Å². The zero-order chi connectivity index (χ0) is 11.1. The second-order valence-corrected chi connectivity index (χ2v) is 4.00. The van der Waals surface area contributed by atoms with Crippen molar-refractivity contribution in [1.29, 1.82) is 0 Å². The van der Waals surface area contributed by atoms with E-state index in [0.717, 1.165) is 19.3 Å². The summed E-state index contributed by atoms with van der Waals surface area (Å²) in [6, 6.07) is 7.20. The van der Waals surface area contributed by atoms with Crippen LogP contribution in [0.3, 0.4) is 0 Å². The van der Waals surface area contributed by atoms with E-state index in [4.69, 9.17) is 16.3 Å². The molecule has 0 saturated carbocycles. The quantitative estimate of drug-likeness (QED) is 0.810. The van der Waals surface area contributed by atoms with Gasteiger partial charge in [-0.15, -0.1) is 0 Å². The Bertz CT molecular complexity index is 289. The van der Waals surface area contributed by atoms with Crippen LogP contribution in [0.25, 0.3) is 0 Å². The average Bonchev–Trinajstić information content (AvgIpc) is 2.23. The van der Waals surface area contributed by atoms with Crippen molar-refractivity contribution in [3.63, 3.8) is 0 Å². The van der Waals surface area contributed by atoms with Crippen LogP contribution in [0, 0.1) is 0 Å². The van der Waals surface area contributed by atoms with Crippen molar-refractivity contribution in [3.8, 4) is 5.75 Å². The fourth-order valence-electron chi connectivity index (χ4n) is 1.27. The Morgan fingerprint density at radius 1 is 1.47 bits per heavy atom. The summed E-state index contributed by atoms with van der Waals surface area (Å²) in [7, 11) is 0. The van der Waals surface area contributed by atoms with Crippen molar-refractivity contribution in [3.05, 3.63) is 29.3 Å². The molecule has 15 heavy (non-hydrogen) atoms. The van der Waals surface area contributed by atoms with Crippen LogP contribution in [0.15, 0.2) is 24.3 Å². The van der Waals surface area contributed by atoms with Gasteiger partial charge in [0.1, 0.15) is 12.4 Å². The maximum absolute atomic E-state index is 9.55. The van der Waals surface area contributed by atoms with E-state index in [9.17, 15) is 5.11 Å². The van der Waals surface area contributed by atoms with E-state index in [1.165, 1.54) is 0 Å². The first-order valence-electron chi connectivity index (χ1n) is 5.28. The van der Waals surface area contributed by atoms with Crippen molar-refractivity contribution in [2.24, 2.45) is 0 Å². The second-order valence-electron chi connectivity index (χ2n) is 3.56. The Morgan fingerprint density at radius 3 is 2.93 bits per heavy atom. The smallest absolute Gasteiger partial charge is 0.120 e. The first-order chi connectivity index (χ1) is 7.22. The van der Waals surface area contributed by atoms with Crippen LogP contribution in [0.2, 0.25) is 5.02 Å². The van der Waals surface area contributed by atoms with Gasteiger partial charge in [0.15, 0.2) is 0 Å². The second kappa shape index (κ2) is 6.70. The van der Waals surface area contributed by atoms with Crippen LogP contribution in [0.1, 0.15) is 26.2 Å². The third-order valence-corrected chi connectivity index (χ3v) is 2.36. The van der Waals surface area contributed by atoms with Crippen molar-refractivity contribution >= 4 is 11.6 Å². The lowest BCUT2D eigenvalue weighted by Crippen LogP contribution is -2.17. The van der Waals surface area contributed by atoms with E-state index < -0.39 is 0 Å². The molecule has 0 saturated heterocycles. The molecule has 0 bridgehead atoms. The summed E-state index contributed by atoms with van der Waals surface area (Å²) in [5.41, 5.74) is 0. The highest BCUT2D eigenvalue weighted by atomic mass is 35.5. The zero-order valence-electron chi connectivity index (χ0n) is 8.95. The molecule has 0 amide bonds. The lowest BCUT2D eigenvalue weighted by Gasteiger charge is -2.11. The standard InChI is InChI=1S/C12H17ClO2/c1-2-3-6-11(14)9-15-12-7-4-5-10(13)8-12/h4-5,7-8,11,14H,2-3,6,9H2,1H3. The van der Waals surface area contributed by atoms with Gasteiger partial charge in [0.25, 0.3) is 0 Å². The minimum Gasteiger partial charge on any atom is -0.491 e. The van der Waals surface area contributed by atoms with E-state index >= 15 is 0 Å². The molecule has 0 spiro atoms. The number of aliphatic hydroxyl groups is 1. The SMILES string of the molecule is CCCCC(O)COc1cccc(Cl)c1. The number of rotatable bonds is 6. The molecule has 0 radical (unpaired) electrons. The molecular weight excluding hydrogens is 212 g/mol. The van der Waals surface area contributed by atoms with E-state index in [0.29, 0.717) is 17.4 Å². The third kappa shape index (κ3) is 5.05. The first kappa shape index (κ1) is 12.3. The number of hydrogen-bond donors (Lipinski definition) is 1. The summed E-state index contributed by atoms with van der Waals surface area (Å²) < 4.78 is 5.41. The van der Waals surface area contributed by atoms with Gasteiger partial charge in [-0.3, -0.25) is 0 Å². The van der Waals surface area contributed by atoms with Gasteiger partial charge >= 0.3 is 0 Å². The Balaban J connectivity index is 2.30. The summed E-state index contributed by atoms with van der Waals surface area (Å²) in [6.45, 7) is 2.44. The monoisotopic (exact) mass is 228 g/mol. The summed E-state index contributed by atoms with van der Waals surface area (Å²) in [4.78, 5) is 0. The van der Waals surface area contributed by atoms with Crippen LogP contribution in [0.5, 0.6) is 5.75 Å². The van der Waals surface area contributed by atoms with Crippen molar-refractivity contribution < 1.29 is 9.84 Å². The lowest BCUT2D eigenvalue weighted by molar-refractivity contribution is 0.0980. The maximum atomic E-state index is 9.55. The molecule has 1 N–H and O–H groups in total. The first-order valence-corrected chi connectivity index (χ1v) is 5.66. The molecule has 1 aromatic carbocycles. The molecule has 1 atom stereocenters. The fourth-order valence-corrected chi connectivity index (χ4v) is 1.45. The number of aliphatic hydroxyl groups excluding tert-OH is 1. The van der Waals surface area contributed by atoms with E-state index in [1.807, 2.05) is 12.1 Å². The molecular formula is C12H17ClO2. The zero-order valence-corrected chi connectivity index (χ0v) is 9.70. The number of halogens is 1. The normalized spacial score (nSPS) is 12.5. The maximum Gasteiger partial charge on any atom is 0.120 e. The van der Waals surface area contributed by atoms with Crippen LogP contribution >= 0.6 is 11.6 Å². The van der Waals surface area contributed by atoms with Crippen molar-refractivity contribution in [1.82, 2.24) is 0 Å². The van der Waals surface area contributed by atoms with Gasteiger partial charge in [0.05, 0.1) is 6.10 Å². The topological polar surface area (TPSA) is 29.5 Å². The Morgan fingerprint density at radius 2 is 2.27 bits per heavy atom. The molecule has 0 aliphatic carbocycles. The summed E-state index contributed by atoms with van der Waals surface area (Å²) in [6.07, 6.45) is 2.52. The van der Waals surface area contributed by atoms with Gasteiger partial charge in [-0.25, -0.2) is 0 Å². The molecule has 1 unspecified atom stereocenters. The van der Waals surface area contributed by atoms with E-state index in [-0.39, 0.29) is 6.10 Å². The molecule has 3 heteroatoms. The molecule has 0 aliphatic rings. The molecule has 1 aromatic rings. The number of ether oxygens (including phenoxy) is 1. The highest BCUT2D eigenvalue weighted by Gasteiger charge is 2.04. The van der Waals surface area contributed by atoms with Crippen LogP contribution in [0.4, 0.5) is 0 Å². The highest BCUT2D eigenvalue weighted by molar-refractivity contribution is 6.30. The highest BCUT2D eigenvalue weighted by Crippen LogP contribution is 2.17. The van der Waals surface area contributed by atoms with Crippen LogP contribution in [-0.2, 0) is 0 Å². The summed E-state index contributed by atoms with van der Waals surface area (Å²) in [5, 5.41) is 10.2. The minimum atomic E-state index is -0.385. The Kier molecular flexibility index (Phi) is 5.51. The molecule has 0 fully saturated rings. The molecule has 1 rings (SSSR count). The van der Waals surface area contributed by atoms with Crippen molar-refractivity contribution in [2.75, 3.05) is 6.61 Å². The molecule has 0 heterocycles. The van der Waals surface area contributed by atoms with E-state index in [1.54, 1.807) is 12.1 Å². The van der Waals surface area contributed by atoms with Crippen LogP contribution in [-0.4, -0.2) is 17.8 Å². The molecule has 84 valence electrons. The Hall–Kier alpha value is -0.730. The van der Waals surface area contributed by atoms with Gasteiger partial charge in [0.2, 0.25) is 0 Å². The lowest BCUT2D eigenvalue weighted by atomic mass is 10.2. The number of hydrogen-bond acceptors (Lipinski definition) is 2. The predicted octanol–water partition coefficient (Wildman–Crippen LogP) is 3.27. The number of benzene rings is 1. The molecule has 0 aliphatic heterocycles. The van der Waals surface area contributed by atoms with E-state index in [2.05, 4.69) is 6.92 Å². The van der Waals surface area contributed by atoms with Gasteiger partial charge in [-0.1, -0.05) is 37.4 Å². The molecule has 2 nitrogen and oxygen atoms in total. The summed E-state index contributed by atoms with van der Waals surface area (Å²) in [5.74, 6) is 0.707. The van der Waals surface area contributed by atoms with Gasteiger partial charge in [-0.2, -0.15) is 0 Å². The fraction of sp³-hybridized carbons (Fsp3) is 0.500. The predicted molar refractivity (Wildman–Crippen MR) is 62.5 cm³/mol.